The topological polar surface area (TPSA) is 141 Å². The number of nitrogens with zero attached hydrogens (tertiary/aromatic N) is 3. The van der Waals surface area contributed by atoms with Crippen molar-refractivity contribution in [2.24, 2.45) is 0 Å². The predicted octanol–water partition coefficient (Wildman–Crippen LogP) is 2.64. The highest BCUT2D eigenvalue weighted by atomic mass is 35.5. The number of carbonyl (C=O) groups is 2. The van der Waals surface area contributed by atoms with Crippen LogP contribution in [-0.4, -0.2) is 55.3 Å². The first kappa shape index (κ1) is 26.6. The number of aromatic amines is 1. The molecule has 3 heterocycles. The van der Waals surface area contributed by atoms with E-state index in [4.69, 9.17) is 16.3 Å². The number of ether oxygens (including phenoxy) is 1. The molecule has 2 aromatic heterocycles. The summed E-state index contributed by atoms with van der Waals surface area (Å²) in [7, 11) is 0. The van der Waals surface area contributed by atoms with E-state index in [9.17, 15) is 19.5 Å². The zero-order valence-corrected chi connectivity index (χ0v) is 21.7. The number of hydrogen-bond acceptors (Lipinski definition) is 7. The Labute approximate surface area is 218 Å². The molecular formula is C25H31ClN6O5. The van der Waals surface area contributed by atoms with Crippen LogP contribution in [0.5, 0.6) is 0 Å². The molecule has 1 aliphatic rings. The number of nitrogens with one attached hydrogen (secondary N) is 3. The number of hydrogen-bond donors (Lipinski definition) is 4. The minimum absolute atomic E-state index is 0.0135. The highest BCUT2D eigenvalue weighted by Crippen LogP contribution is 2.29. The second-order valence-electron chi connectivity index (χ2n) is 10.1. The maximum absolute atomic E-state index is 12.5. The zero-order chi connectivity index (χ0) is 26.7. The Kier molecular flexibility index (Phi) is 7.86. The van der Waals surface area contributed by atoms with Crippen LogP contribution in [-0.2, 0) is 16.0 Å². The molecule has 1 aromatic carbocycles. The number of amides is 2. The van der Waals surface area contributed by atoms with E-state index < -0.39 is 11.8 Å². The fourth-order valence-corrected chi connectivity index (χ4v) is 4.39. The average Bonchev–Trinajstić information content (AvgIpc) is 3.26. The second-order valence-corrected chi connectivity index (χ2v) is 10.5. The van der Waals surface area contributed by atoms with Gasteiger partial charge in [-0.2, -0.15) is 5.10 Å². The summed E-state index contributed by atoms with van der Waals surface area (Å²) >= 11 is 5.87. The SMILES string of the molecule is CC(C)(C)OC(=O)N1CCC(c2cc(=O)[nH]c3c(C(O)NNC(=O)Cc4ccc(Cl)cc4)cnn23)CC1. The Hall–Kier alpha value is -3.41. The number of H-pyrrole nitrogens is 1. The number of aromatic nitrogens is 3. The Balaban J connectivity index is 1.42. The van der Waals surface area contributed by atoms with Gasteiger partial charge in [0.15, 0.2) is 6.23 Å². The molecule has 1 unspecified atom stereocenters. The van der Waals surface area contributed by atoms with E-state index in [0.29, 0.717) is 47.9 Å². The lowest BCUT2D eigenvalue weighted by Crippen LogP contribution is -2.41. The van der Waals surface area contributed by atoms with Crippen LogP contribution < -0.4 is 16.4 Å². The molecule has 0 radical (unpaired) electrons. The van der Waals surface area contributed by atoms with E-state index >= 15 is 0 Å². The first-order chi connectivity index (χ1) is 17.5. The molecule has 4 rings (SSSR count). The number of aliphatic hydroxyl groups excluding tert-OH is 1. The summed E-state index contributed by atoms with van der Waals surface area (Å²) < 4.78 is 7.05. The first-order valence-corrected chi connectivity index (χ1v) is 12.4. The molecule has 1 saturated heterocycles. The Morgan fingerprint density at radius 3 is 2.57 bits per heavy atom. The summed E-state index contributed by atoms with van der Waals surface area (Å²) in [6.07, 6.45) is 1.13. The van der Waals surface area contributed by atoms with Crippen molar-refractivity contribution in [2.75, 3.05) is 13.1 Å². The third-order valence-electron chi connectivity index (χ3n) is 6.05. The molecule has 0 bridgehead atoms. The molecule has 4 N–H and O–H groups in total. The standard InChI is InChI=1S/C25H31ClN6O5/c1-25(2,3)37-24(36)31-10-8-16(9-11-31)19-13-20(33)28-22-18(14-27-32(19)22)23(35)30-29-21(34)12-15-4-6-17(26)7-5-15/h4-7,13-14,16,23,30,35H,8-12H2,1-3H3,(H,28,33)(H,29,34). The number of rotatable bonds is 6. The van der Waals surface area contributed by atoms with Crippen LogP contribution in [0.3, 0.4) is 0 Å². The summed E-state index contributed by atoms with van der Waals surface area (Å²) in [6.45, 7) is 6.47. The van der Waals surface area contributed by atoms with Crippen LogP contribution >= 0.6 is 11.6 Å². The van der Waals surface area contributed by atoms with Crippen LogP contribution in [0.1, 0.15) is 62.6 Å². The fraction of sp³-hybridized carbons (Fsp3) is 0.440. The molecule has 0 saturated carbocycles. The van der Waals surface area contributed by atoms with Crippen molar-refractivity contribution in [3.05, 3.63) is 68.7 Å². The lowest BCUT2D eigenvalue weighted by atomic mass is 9.93. The van der Waals surface area contributed by atoms with Gasteiger partial charge in [0.25, 0.3) is 5.56 Å². The molecule has 12 heteroatoms. The Morgan fingerprint density at radius 2 is 1.92 bits per heavy atom. The molecule has 198 valence electrons. The highest BCUT2D eigenvalue weighted by molar-refractivity contribution is 6.30. The van der Waals surface area contributed by atoms with Gasteiger partial charge in [0.2, 0.25) is 5.91 Å². The molecule has 3 aromatic rings. The van der Waals surface area contributed by atoms with Gasteiger partial charge >= 0.3 is 6.09 Å². The lowest BCUT2D eigenvalue weighted by Gasteiger charge is -2.33. The molecule has 2 amide bonds. The quantitative estimate of drug-likeness (QED) is 0.283. The fourth-order valence-electron chi connectivity index (χ4n) is 4.26. The first-order valence-electron chi connectivity index (χ1n) is 12.1. The van der Waals surface area contributed by atoms with Crippen molar-refractivity contribution in [2.45, 2.75) is 57.8 Å². The minimum atomic E-state index is -1.31. The van der Waals surface area contributed by atoms with Gasteiger partial charge in [0.1, 0.15) is 11.2 Å². The van der Waals surface area contributed by atoms with Gasteiger partial charge in [-0.15, -0.1) is 0 Å². The van der Waals surface area contributed by atoms with Crippen LogP contribution in [0.15, 0.2) is 41.3 Å². The van der Waals surface area contributed by atoms with E-state index in [0.717, 1.165) is 5.56 Å². The molecule has 1 atom stereocenters. The molecule has 1 fully saturated rings. The van der Waals surface area contributed by atoms with Gasteiger partial charge in [-0.05, 0) is 51.3 Å². The van der Waals surface area contributed by atoms with Gasteiger partial charge in [0.05, 0.1) is 23.9 Å². The monoisotopic (exact) mass is 530 g/mol. The maximum Gasteiger partial charge on any atom is 0.410 e. The summed E-state index contributed by atoms with van der Waals surface area (Å²) in [5.41, 5.74) is 6.21. The number of halogens is 1. The van der Waals surface area contributed by atoms with Crippen molar-refractivity contribution < 1.29 is 19.4 Å². The van der Waals surface area contributed by atoms with E-state index in [2.05, 4.69) is 20.9 Å². The van der Waals surface area contributed by atoms with Gasteiger partial charge in [-0.25, -0.2) is 14.7 Å². The second kappa shape index (κ2) is 10.9. The summed E-state index contributed by atoms with van der Waals surface area (Å²) in [4.78, 5) is 41.5. The van der Waals surface area contributed by atoms with Crippen LogP contribution in [0.25, 0.3) is 5.65 Å². The highest BCUT2D eigenvalue weighted by Gasteiger charge is 2.29. The zero-order valence-electron chi connectivity index (χ0n) is 21.0. The average molecular weight is 531 g/mol. The smallest absolute Gasteiger partial charge is 0.410 e. The number of benzene rings is 1. The lowest BCUT2D eigenvalue weighted by molar-refractivity contribution is -0.122. The van der Waals surface area contributed by atoms with E-state index in [1.54, 1.807) is 33.7 Å². The number of aliphatic hydroxyl groups is 1. The number of carbonyl (C=O) groups excluding carboxylic acids is 2. The molecule has 0 aliphatic carbocycles. The minimum Gasteiger partial charge on any atom is -0.444 e. The molecule has 0 spiro atoms. The van der Waals surface area contributed by atoms with E-state index in [-0.39, 0.29) is 29.9 Å². The largest absolute Gasteiger partial charge is 0.444 e. The van der Waals surface area contributed by atoms with Crippen molar-refractivity contribution in [3.8, 4) is 0 Å². The normalized spacial score (nSPS) is 15.5. The molecular weight excluding hydrogens is 500 g/mol. The Bertz CT molecular complexity index is 1320. The molecule has 1 aliphatic heterocycles. The summed E-state index contributed by atoms with van der Waals surface area (Å²) in [5.74, 6) is -0.371. The van der Waals surface area contributed by atoms with Crippen LogP contribution in [0.2, 0.25) is 5.02 Å². The van der Waals surface area contributed by atoms with E-state index in [1.165, 1.54) is 12.3 Å². The van der Waals surface area contributed by atoms with Crippen molar-refractivity contribution >= 4 is 29.2 Å². The number of piperidine rings is 1. The van der Waals surface area contributed by atoms with Gasteiger partial charge in [0, 0.05) is 30.1 Å². The van der Waals surface area contributed by atoms with Crippen molar-refractivity contribution in [1.29, 1.82) is 0 Å². The van der Waals surface area contributed by atoms with Gasteiger partial charge in [-0.1, -0.05) is 23.7 Å². The number of fused-ring (bicyclic) bond motifs is 1. The number of likely N-dealkylation sites (tertiary alicyclic amines) is 1. The van der Waals surface area contributed by atoms with Crippen molar-refractivity contribution in [1.82, 2.24) is 30.3 Å². The van der Waals surface area contributed by atoms with Crippen LogP contribution in [0.4, 0.5) is 4.79 Å². The van der Waals surface area contributed by atoms with Gasteiger partial charge in [-0.3, -0.25) is 15.0 Å². The van der Waals surface area contributed by atoms with E-state index in [1.807, 2.05) is 20.8 Å². The maximum atomic E-state index is 12.5. The predicted molar refractivity (Wildman–Crippen MR) is 137 cm³/mol. The summed E-state index contributed by atoms with van der Waals surface area (Å²) in [6, 6.07) is 8.37. The van der Waals surface area contributed by atoms with Crippen molar-refractivity contribution in [3.63, 3.8) is 0 Å². The summed E-state index contributed by atoms with van der Waals surface area (Å²) in [5, 5.41) is 15.6. The molecule has 37 heavy (non-hydrogen) atoms. The Morgan fingerprint density at radius 1 is 1.24 bits per heavy atom. The third kappa shape index (κ3) is 6.68. The van der Waals surface area contributed by atoms with Gasteiger partial charge < -0.3 is 19.7 Å². The number of hydrazine groups is 1. The van der Waals surface area contributed by atoms with Crippen LogP contribution in [0, 0.1) is 0 Å². The molecule has 11 nitrogen and oxygen atoms in total. The third-order valence-corrected chi connectivity index (χ3v) is 6.30.